The van der Waals surface area contributed by atoms with Crippen molar-refractivity contribution in [1.82, 2.24) is 0 Å². The number of hydrogen-bond donors (Lipinski definition) is 0. The van der Waals surface area contributed by atoms with Crippen LogP contribution in [0.25, 0.3) is 122 Å². The number of nitrogens with zero attached hydrogens (tertiary/aromatic N) is 1. The predicted octanol–water partition coefficient (Wildman–Crippen LogP) is 24.6. The summed E-state index contributed by atoms with van der Waals surface area (Å²) in [5, 5.41) is 4.58. The molecule has 0 fully saturated rings. The predicted molar refractivity (Wildman–Crippen MR) is 404 cm³/mol. The van der Waals surface area contributed by atoms with Crippen LogP contribution < -0.4 is 4.90 Å². The van der Waals surface area contributed by atoms with E-state index < -0.39 is 16.2 Å². The summed E-state index contributed by atoms with van der Waals surface area (Å²) in [4.78, 5) is 2.62. The van der Waals surface area contributed by atoms with Gasteiger partial charge in [-0.25, -0.2) is 0 Å². The van der Waals surface area contributed by atoms with Gasteiger partial charge in [0.05, 0.1) is 21.9 Å². The van der Waals surface area contributed by atoms with Gasteiger partial charge in [0.25, 0.3) is 0 Å². The van der Waals surface area contributed by atoms with Gasteiger partial charge in [-0.3, -0.25) is 0 Å². The highest BCUT2D eigenvalue weighted by atomic mass is 16.3. The second-order valence-electron chi connectivity index (χ2n) is 28.5. The van der Waals surface area contributed by atoms with E-state index in [0.717, 1.165) is 61.0 Å². The van der Waals surface area contributed by atoms with Crippen molar-refractivity contribution in [3.8, 4) is 77.9 Å². The van der Waals surface area contributed by atoms with Crippen LogP contribution in [-0.4, -0.2) is 0 Å². The standard InChI is InChI=1S/C96H59NO2/c1-54-47-55(2)92(56(3)48-54)97(59-42-44-67-81(50-59)96(77-37-19-11-29-64(77)65-30-12-20-38-78(65)96)84-51-70(57-23-5-4-6-24-57)93-91(88(67)84)69-32-14-22-40-86(69)99-93)58-41-43-66-71-52-83-72(53-82(71)95(80(66)49-58)75-35-17-9-27-62(75)63-28-10-18-36-76(63)95)89-79(45-46-87-90(89)68-31-13-21-39-85(68)98-87)94(83)73-33-15-7-25-60(73)61-26-8-16-34-74(61)94/h4-53H,1-3H3. The number of anilines is 3. The van der Waals surface area contributed by atoms with Crippen molar-refractivity contribution >= 4 is 60.9 Å². The second-order valence-corrected chi connectivity index (χ2v) is 28.5. The maximum Gasteiger partial charge on any atom is 0.143 e. The third-order valence-corrected chi connectivity index (χ3v) is 23.9. The molecule has 0 atom stereocenters. The summed E-state index contributed by atoms with van der Waals surface area (Å²) in [6.45, 7) is 6.86. The summed E-state index contributed by atoms with van der Waals surface area (Å²) < 4.78 is 14.0. The number of aryl methyl sites for hydroxylation is 3. The molecule has 3 heteroatoms. The Hall–Kier alpha value is -12.3. The Balaban J connectivity index is 0.823. The number of hydrogen-bond acceptors (Lipinski definition) is 3. The van der Waals surface area contributed by atoms with Crippen LogP contribution in [0.4, 0.5) is 17.1 Å². The molecule has 23 rings (SSSR count). The lowest BCUT2D eigenvalue weighted by molar-refractivity contribution is 0.668. The molecular weight excluding hydrogens is 1200 g/mol. The van der Waals surface area contributed by atoms with E-state index >= 15 is 0 Å². The van der Waals surface area contributed by atoms with Gasteiger partial charge in [0.1, 0.15) is 22.3 Å². The van der Waals surface area contributed by atoms with Crippen molar-refractivity contribution in [2.24, 2.45) is 0 Å². The zero-order chi connectivity index (χ0) is 64.9. The van der Waals surface area contributed by atoms with Crippen LogP contribution in [-0.2, 0) is 16.2 Å². The van der Waals surface area contributed by atoms with E-state index in [4.69, 9.17) is 8.83 Å². The molecule has 6 aliphatic carbocycles. The lowest BCUT2D eigenvalue weighted by Crippen LogP contribution is -2.27. The molecule has 0 amide bonds. The summed E-state index contributed by atoms with van der Waals surface area (Å²) in [7, 11) is 0. The first-order valence-corrected chi connectivity index (χ1v) is 34.8. The van der Waals surface area contributed by atoms with Gasteiger partial charge in [-0.1, -0.05) is 248 Å². The van der Waals surface area contributed by atoms with E-state index in [1.165, 1.54) is 161 Å². The van der Waals surface area contributed by atoms with Crippen molar-refractivity contribution in [1.29, 1.82) is 0 Å². The largest absolute Gasteiger partial charge is 0.456 e. The normalized spacial score (nSPS) is 14.7. The SMILES string of the molecule is Cc1cc(C)c(N(c2ccc3c(c2)C2(c4ccccc4-c4ccccc42)c2cc4c(cc2-3)C2(c3ccccc3-c3ccccc32)c2ccc3oc5ccccc5c3c2-4)c2ccc3c(c2)C2(c4ccccc4-c4ccccc42)c2cc(-c4ccccc4)c4oc5ccccc5c4c2-3)c(C)c1. The van der Waals surface area contributed by atoms with Crippen molar-refractivity contribution in [3.63, 3.8) is 0 Å². The monoisotopic (exact) mass is 1260 g/mol. The first kappa shape index (κ1) is 53.9. The van der Waals surface area contributed by atoms with Gasteiger partial charge >= 0.3 is 0 Å². The molecule has 0 saturated heterocycles. The van der Waals surface area contributed by atoms with E-state index in [9.17, 15) is 0 Å². The fourth-order valence-corrected chi connectivity index (χ4v) is 20.6. The number of rotatable bonds is 4. The average Bonchev–Trinajstić information content (AvgIpc) is 1.49. The van der Waals surface area contributed by atoms with Crippen LogP contribution in [0.1, 0.15) is 83.5 Å². The lowest BCUT2D eigenvalue weighted by Gasteiger charge is -2.34. The van der Waals surface area contributed by atoms with Crippen LogP contribution in [0.5, 0.6) is 0 Å². The van der Waals surface area contributed by atoms with E-state index in [-0.39, 0.29) is 0 Å². The third kappa shape index (κ3) is 6.38. The van der Waals surface area contributed by atoms with Gasteiger partial charge in [0.15, 0.2) is 0 Å². The van der Waals surface area contributed by atoms with Crippen molar-refractivity contribution in [2.75, 3.05) is 4.90 Å². The zero-order valence-electron chi connectivity index (χ0n) is 54.6. The fraction of sp³-hybridized carbons (Fsp3) is 0.0625. The van der Waals surface area contributed by atoms with E-state index in [1.807, 2.05) is 0 Å². The average molecular weight is 1260 g/mol. The molecule has 0 bridgehead atoms. The van der Waals surface area contributed by atoms with Crippen LogP contribution in [0.3, 0.4) is 0 Å². The molecule has 2 heterocycles. The summed E-state index contributed by atoms with van der Waals surface area (Å²) in [6.07, 6.45) is 0. The Bertz CT molecular complexity index is 6390. The van der Waals surface area contributed by atoms with Crippen LogP contribution in [0.15, 0.2) is 312 Å². The molecule has 0 aliphatic heterocycles. The van der Waals surface area contributed by atoms with Gasteiger partial charge in [-0.2, -0.15) is 0 Å². The zero-order valence-corrected chi connectivity index (χ0v) is 54.6. The summed E-state index contributed by atoms with van der Waals surface area (Å²) in [5.74, 6) is 0. The maximum absolute atomic E-state index is 7.13. The minimum Gasteiger partial charge on any atom is -0.456 e. The Morgan fingerprint density at radius 1 is 0.253 bits per heavy atom. The highest BCUT2D eigenvalue weighted by Gasteiger charge is 2.58. The molecule has 0 saturated carbocycles. The Morgan fingerprint density at radius 2 is 0.646 bits per heavy atom. The Labute approximate surface area is 572 Å². The number of benzene rings is 15. The Kier molecular flexibility index (Phi) is 10.2. The summed E-state index contributed by atoms with van der Waals surface area (Å²) in [6, 6.07) is 116. The third-order valence-electron chi connectivity index (χ3n) is 23.9. The molecule has 460 valence electrons. The minimum atomic E-state index is -0.712. The van der Waals surface area contributed by atoms with E-state index in [1.54, 1.807) is 0 Å². The maximum atomic E-state index is 7.13. The van der Waals surface area contributed by atoms with Crippen molar-refractivity contribution in [2.45, 2.75) is 37.0 Å². The van der Waals surface area contributed by atoms with Crippen molar-refractivity contribution in [3.05, 3.63) is 387 Å². The highest BCUT2D eigenvalue weighted by Crippen LogP contribution is 2.71. The molecule has 0 unspecified atom stereocenters. The first-order valence-electron chi connectivity index (χ1n) is 34.8. The molecule has 15 aromatic carbocycles. The van der Waals surface area contributed by atoms with Crippen LogP contribution in [0, 0.1) is 20.8 Å². The quantitative estimate of drug-likeness (QED) is 0.176. The molecule has 17 aromatic rings. The van der Waals surface area contributed by atoms with Gasteiger partial charge in [0.2, 0.25) is 0 Å². The molecule has 3 nitrogen and oxygen atoms in total. The van der Waals surface area contributed by atoms with Gasteiger partial charge in [-0.15, -0.1) is 0 Å². The highest BCUT2D eigenvalue weighted by molar-refractivity contribution is 6.21. The topological polar surface area (TPSA) is 29.5 Å². The minimum absolute atomic E-state index is 0.609. The Morgan fingerprint density at radius 3 is 1.20 bits per heavy atom. The molecule has 0 radical (unpaired) electrons. The molecule has 0 N–H and O–H groups in total. The summed E-state index contributed by atoms with van der Waals surface area (Å²) in [5.41, 5.74) is 41.6. The van der Waals surface area contributed by atoms with E-state index in [0.29, 0.717) is 0 Å². The van der Waals surface area contributed by atoms with Gasteiger partial charge in [-0.05, 0) is 232 Å². The fourth-order valence-electron chi connectivity index (χ4n) is 20.6. The van der Waals surface area contributed by atoms with Crippen molar-refractivity contribution < 1.29 is 8.83 Å². The first-order chi connectivity index (χ1) is 48.8. The number of para-hydroxylation sites is 2. The summed E-state index contributed by atoms with van der Waals surface area (Å²) >= 11 is 0. The molecule has 99 heavy (non-hydrogen) atoms. The van der Waals surface area contributed by atoms with Crippen LogP contribution in [0.2, 0.25) is 0 Å². The number of fused-ring (bicyclic) bond motifs is 38. The molecule has 6 aliphatic rings. The van der Waals surface area contributed by atoms with E-state index in [2.05, 4.69) is 329 Å². The van der Waals surface area contributed by atoms with Gasteiger partial charge < -0.3 is 13.7 Å². The molecule has 2 aromatic heterocycles. The molecular formula is C96H59NO2. The lowest BCUT2D eigenvalue weighted by atomic mass is 9.68. The molecule has 3 spiro atoms. The van der Waals surface area contributed by atoms with Crippen LogP contribution >= 0.6 is 0 Å². The van der Waals surface area contributed by atoms with Gasteiger partial charge in [0, 0.05) is 38.5 Å². The second kappa shape index (κ2) is 18.8. The smallest absolute Gasteiger partial charge is 0.143 e. The number of furan rings is 2.